The van der Waals surface area contributed by atoms with E-state index >= 15 is 0 Å². The quantitative estimate of drug-likeness (QED) is 0.711. The monoisotopic (exact) mass is 371 g/mol. The summed E-state index contributed by atoms with van der Waals surface area (Å²) in [6, 6.07) is 12.6. The van der Waals surface area contributed by atoms with Crippen LogP contribution in [0.5, 0.6) is 5.75 Å². The van der Waals surface area contributed by atoms with Gasteiger partial charge < -0.3 is 19.3 Å². The van der Waals surface area contributed by atoms with E-state index in [0.29, 0.717) is 0 Å². The maximum absolute atomic E-state index is 10.0. The zero-order chi connectivity index (χ0) is 19.1. The van der Waals surface area contributed by atoms with Crippen LogP contribution in [-0.2, 0) is 13.1 Å². The van der Waals surface area contributed by atoms with Crippen molar-refractivity contribution in [1.29, 1.82) is 0 Å². The van der Waals surface area contributed by atoms with Crippen molar-refractivity contribution in [3.05, 3.63) is 53.9 Å². The third-order valence-electron chi connectivity index (χ3n) is 5.73. The van der Waals surface area contributed by atoms with Crippen molar-refractivity contribution in [3.8, 4) is 5.75 Å². The van der Waals surface area contributed by atoms with Crippen LogP contribution in [-0.4, -0.2) is 36.0 Å². The summed E-state index contributed by atoms with van der Waals surface area (Å²) in [5.41, 5.74) is 2.58. The number of benzene rings is 1. The smallest absolute Gasteiger partial charge is 0.119 e. The van der Waals surface area contributed by atoms with E-state index in [2.05, 4.69) is 35.0 Å². The lowest BCUT2D eigenvalue weighted by atomic mass is 9.89. The predicted octanol–water partition coefficient (Wildman–Crippen LogP) is 2.89. The Hall–Kier alpha value is -1.78. The lowest BCUT2D eigenvalue weighted by molar-refractivity contribution is -0.920. The molecule has 0 aliphatic heterocycles. The molecule has 0 amide bonds. The Labute approximate surface area is 163 Å². The van der Waals surface area contributed by atoms with Gasteiger partial charge in [0.1, 0.15) is 24.9 Å². The Kier molecular flexibility index (Phi) is 7.36. The predicted molar refractivity (Wildman–Crippen MR) is 109 cm³/mol. The number of hydrogen-bond acceptors (Lipinski definition) is 2. The molecular weight excluding hydrogens is 336 g/mol. The van der Waals surface area contributed by atoms with Gasteiger partial charge in [-0.05, 0) is 49.6 Å². The number of aliphatic hydroxyl groups is 1. The summed E-state index contributed by atoms with van der Waals surface area (Å²) in [7, 11) is 1.71. The fourth-order valence-corrected chi connectivity index (χ4v) is 4.43. The SMILES string of the molecule is COc1cccc(Cn2cccc2C[NH+](CC2CCCCC2)C[C@@H](C)O)c1. The average molecular weight is 372 g/mol. The molecule has 1 unspecified atom stereocenters. The molecule has 2 aromatic rings. The maximum Gasteiger partial charge on any atom is 0.119 e. The van der Waals surface area contributed by atoms with Gasteiger partial charge >= 0.3 is 0 Å². The Morgan fingerprint density at radius 3 is 2.74 bits per heavy atom. The normalized spacial score (nSPS) is 17.6. The second kappa shape index (κ2) is 9.95. The molecule has 27 heavy (non-hydrogen) atoms. The molecule has 3 rings (SSSR count). The number of methoxy groups -OCH3 is 1. The van der Waals surface area contributed by atoms with Gasteiger partial charge in [0.25, 0.3) is 0 Å². The van der Waals surface area contributed by atoms with Gasteiger partial charge in [-0.3, -0.25) is 0 Å². The first-order valence-corrected chi connectivity index (χ1v) is 10.4. The standard InChI is InChI=1S/C23H34N2O2/c1-19(26)15-24(16-20-8-4-3-5-9-20)18-22-11-7-13-25(22)17-21-10-6-12-23(14-21)27-2/h6-7,10-14,19-20,26H,3-5,8-9,15-18H2,1-2H3/p+1/t19-/m1/s1. The summed E-state index contributed by atoms with van der Waals surface area (Å²) >= 11 is 0. The maximum atomic E-state index is 10.0. The minimum absolute atomic E-state index is 0.259. The number of hydrogen-bond donors (Lipinski definition) is 2. The molecular formula is C23H35N2O2+. The van der Waals surface area contributed by atoms with Crippen molar-refractivity contribution < 1.29 is 14.7 Å². The van der Waals surface area contributed by atoms with E-state index in [1.165, 1.54) is 54.8 Å². The average Bonchev–Trinajstić information content (AvgIpc) is 3.09. The number of nitrogens with one attached hydrogen (secondary N) is 1. The molecule has 1 aromatic carbocycles. The fraction of sp³-hybridized carbons (Fsp3) is 0.565. The molecule has 0 saturated heterocycles. The van der Waals surface area contributed by atoms with Crippen LogP contribution in [0.1, 0.15) is 50.3 Å². The van der Waals surface area contributed by atoms with Crippen molar-refractivity contribution in [3.63, 3.8) is 0 Å². The van der Waals surface area contributed by atoms with E-state index < -0.39 is 0 Å². The summed E-state index contributed by atoms with van der Waals surface area (Å²) in [4.78, 5) is 1.50. The van der Waals surface area contributed by atoms with E-state index in [4.69, 9.17) is 4.74 Å². The molecule has 4 heteroatoms. The van der Waals surface area contributed by atoms with Gasteiger partial charge in [0.05, 0.1) is 19.3 Å². The number of quaternary nitrogens is 1. The number of nitrogens with zero attached hydrogens (tertiary/aromatic N) is 1. The number of aromatic nitrogens is 1. The van der Waals surface area contributed by atoms with Crippen LogP contribution in [0, 0.1) is 5.92 Å². The second-order valence-corrected chi connectivity index (χ2v) is 8.17. The minimum atomic E-state index is -0.259. The lowest BCUT2D eigenvalue weighted by Gasteiger charge is -2.28. The highest BCUT2D eigenvalue weighted by molar-refractivity contribution is 5.29. The summed E-state index contributed by atoms with van der Waals surface area (Å²) in [5, 5.41) is 10.0. The van der Waals surface area contributed by atoms with Gasteiger partial charge in [-0.2, -0.15) is 0 Å². The van der Waals surface area contributed by atoms with Gasteiger partial charge in [-0.25, -0.2) is 0 Å². The molecule has 1 aliphatic rings. The first-order chi connectivity index (χ1) is 13.1. The summed E-state index contributed by atoms with van der Waals surface area (Å²) < 4.78 is 7.69. The first kappa shape index (κ1) is 20.0. The van der Waals surface area contributed by atoms with Gasteiger partial charge in [-0.1, -0.05) is 31.4 Å². The fourth-order valence-electron chi connectivity index (χ4n) is 4.43. The molecule has 0 radical (unpaired) electrons. The Morgan fingerprint density at radius 1 is 1.19 bits per heavy atom. The van der Waals surface area contributed by atoms with Crippen molar-refractivity contribution in [1.82, 2.24) is 4.57 Å². The van der Waals surface area contributed by atoms with E-state index in [-0.39, 0.29) is 6.10 Å². The Balaban J connectivity index is 1.67. The van der Waals surface area contributed by atoms with Gasteiger partial charge in [-0.15, -0.1) is 0 Å². The van der Waals surface area contributed by atoms with Crippen molar-refractivity contribution in [2.75, 3.05) is 20.2 Å². The molecule has 0 spiro atoms. The van der Waals surface area contributed by atoms with E-state index in [0.717, 1.165) is 31.3 Å². The van der Waals surface area contributed by atoms with E-state index in [1.807, 2.05) is 19.1 Å². The van der Waals surface area contributed by atoms with Crippen LogP contribution in [0.3, 0.4) is 0 Å². The first-order valence-electron chi connectivity index (χ1n) is 10.4. The largest absolute Gasteiger partial charge is 0.497 e. The van der Waals surface area contributed by atoms with Crippen LogP contribution >= 0.6 is 0 Å². The molecule has 1 fully saturated rings. The molecule has 1 aliphatic carbocycles. The van der Waals surface area contributed by atoms with Crippen molar-refractivity contribution in [2.24, 2.45) is 5.92 Å². The zero-order valence-corrected chi connectivity index (χ0v) is 16.9. The third kappa shape index (κ3) is 6.12. The highest BCUT2D eigenvalue weighted by Crippen LogP contribution is 2.22. The molecule has 1 heterocycles. The molecule has 0 bridgehead atoms. The number of rotatable bonds is 9. The lowest BCUT2D eigenvalue weighted by Crippen LogP contribution is -3.12. The zero-order valence-electron chi connectivity index (χ0n) is 16.9. The molecule has 4 nitrogen and oxygen atoms in total. The van der Waals surface area contributed by atoms with E-state index in [9.17, 15) is 5.11 Å². The minimum Gasteiger partial charge on any atom is -0.497 e. The van der Waals surface area contributed by atoms with Gasteiger partial charge in [0.2, 0.25) is 0 Å². The molecule has 1 aromatic heterocycles. The summed E-state index contributed by atoms with van der Waals surface area (Å²) in [5.74, 6) is 1.72. The van der Waals surface area contributed by atoms with Crippen LogP contribution in [0.2, 0.25) is 0 Å². The highest BCUT2D eigenvalue weighted by Gasteiger charge is 2.22. The topological polar surface area (TPSA) is 38.8 Å². The summed E-state index contributed by atoms with van der Waals surface area (Å²) in [6.07, 6.45) is 8.76. The van der Waals surface area contributed by atoms with Crippen LogP contribution in [0.15, 0.2) is 42.6 Å². The molecule has 2 N–H and O–H groups in total. The van der Waals surface area contributed by atoms with Crippen LogP contribution in [0.4, 0.5) is 0 Å². The van der Waals surface area contributed by atoms with Gasteiger partial charge in [0.15, 0.2) is 0 Å². The van der Waals surface area contributed by atoms with Crippen LogP contribution in [0.25, 0.3) is 0 Å². The molecule has 2 atom stereocenters. The van der Waals surface area contributed by atoms with Crippen molar-refractivity contribution in [2.45, 2.75) is 58.2 Å². The number of ether oxygens (including phenoxy) is 1. The Bertz CT molecular complexity index is 689. The highest BCUT2D eigenvalue weighted by atomic mass is 16.5. The van der Waals surface area contributed by atoms with Crippen molar-refractivity contribution >= 4 is 0 Å². The Morgan fingerprint density at radius 2 is 2.00 bits per heavy atom. The number of aliphatic hydroxyl groups excluding tert-OH is 1. The molecule has 1 saturated carbocycles. The third-order valence-corrected chi connectivity index (χ3v) is 5.73. The molecule has 148 valence electrons. The second-order valence-electron chi connectivity index (χ2n) is 8.17. The van der Waals surface area contributed by atoms with Crippen LogP contribution < -0.4 is 9.64 Å². The van der Waals surface area contributed by atoms with E-state index in [1.54, 1.807) is 7.11 Å². The summed E-state index contributed by atoms with van der Waals surface area (Å²) in [6.45, 7) is 5.73. The van der Waals surface area contributed by atoms with Gasteiger partial charge in [0, 0.05) is 18.7 Å².